The van der Waals surface area contributed by atoms with E-state index in [1.807, 2.05) is 0 Å². The third-order valence-electron chi connectivity index (χ3n) is 2.43. The predicted molar refractivity (Wildman–Crippen MR) is 71.1 cm³/mol. The van der Waals surface area contributed by atoms with Crippen LogP contribution in [0, 0.1) is 6.92 Å². The fourth-order valence-electron chi connectivity index (χ4n) is 1.59. The van der Waals surface area contributed by atoms with E-state index in [1.54, 1.807) is 19.1 Å². The van der Waals surface area contributed by atoms with Crippen LogP contribution in [0.2, 0.25) is 0 Å². The molecule has 5 nitrogen and oxygen atoms in total. The third-order valence-corrected chi connectivity index (χ3v) is 3.05. The average molecular weight is 316 g/mol. The van der Waals surface area contributed by atoms with Crippen LogP contribution in [0.25, 0.3) is 0 Å². The van der Waals surface area contributed by atoms with E-state index in [-0.39, 0.29) is 12.5 Å². The summed E-state index contributed by atoms with van der Waals surface area (Å²) < 4.78 is 5.90. The Morgan fingerprint density at radius 2 is 2.06 bits per heavy atom. The fraction of sp³-hybridized carbons (Fsp3) is 0.333. The molecule has 6 heteroatoms. The number of hydrogen-bond donors (Lipinski definition) is 1. The number of carbonyl (C=O) groups is 2. The number of carboxylic acid groups (broad SMARTS) is 1. The van der Waals surface area contributed by atoms with Crippen LogP contribution in [-0.2, 0) is 9.59 Å². The number of hydrogen-bond acceptors (Lipinski definition) is 3. The minimum Gasteiger partial charge on any atom is -0.495 e. The number of aryl methyl sites for hydroxylation is 1. The Labute approximate surface area is 113 Å². The van der Waals surface area contributed by atoms with E-state index >= 15 is 0 Å². The maximum Gasteiger partial charge on any atom is 0.323 e. The quantitative estimate of drug-likeness (QED) is 0.925. The Morgan fingerprint density at radius 1 is 1.44 bits per heavy atom. The third kappa shape index (κ3) is 3.22. The number of aliphatic carboxylic acids is 1. The van der Waals surface area contributed by atoms with E-state index in [0.717, 1.165) is 10.0 Å². The number of ether oxygens (including phenoxy) is 1. The predicted octanol–water partition coefficient (Wildman–Crippen LogP) is 2.20. The lowest BCUT2D eigenvalue weighted by Crippen LogP contribution is -2.34. The first-order valence-corrected chi connectivity index (χ1v) is 6.00. The Bertz CT molecular complexity index is 487. The summed E-state index contributed by atoms with van der Waals surface area (Å²) in [5.41, 5.74) is 1.32. The van der Waals surface area contributed by atoms with Crippen molar-refractivity contribution in [2.45, 2.75) is 13.8 Å². The van der Waals surface area contributed by atoms with E-state index in [1.165, 1.54) is 18.9 Å². The van der Waals surface area contributed by atoms with E-state index in [4.69, 9.17) is 9.84 Å². The Kier molecular flexibility index (Phi) is 4.72. The molecule has 1 rings (SSSR count). The first-order chi connectivity index (χ1) is 8.36. The lowest BCUT2D eigenvalue weighted by atomic mass is 10.1. The molecule has 18 heavy (non-hydrogen) atoms. The van der Waals surface area contributed by atoms with Crippen molar-refractivity contribution in [3.05, 3.63) is 22.2 Å². The van der Waals surface area contributed by atoms with Gasteiger partial charge < -0.3 is 14.7 Å². The van der Waals surface area contributed by atoms with Gasteiger partial charge in [-0.3, -0.25) is 9.59 Å². The van der Waals surface area contributed by atoms with Crippen LogP contribution >= 0.6 is 15.9 Å². The molecule has 0 atom stereocenters. The van der Waals surface area contributed by atoms with Crippen LogP contribution in [-0.4, -0.2) is 30.6 Å². The summed E-state index contributed by atoms with van der Waals surface area (Å²) >= 11 is 3.33. The van der Waals surface area contributed by atoms with Crippen LogP contribution < -0.4 is 9.64 Å². The molecule has 98 valence electrons. The van der Waals surface area contributed by atoms with Gasteiger partial charge in [0, 0.05) is 13.0 Å². The highest BCUT2D eigenvalue weighted by Crippen LogP contribution is 2.33. The number of methoxy groups -OCH3 is 1. The molecule has 0 saturated carbocycles. The molecular weight excluding hydrogens is 302 g/mol. The van der Waals surface area contributed by atoms with Gasteiger partial charge in [0.1, 0.15) is 12.3 Å². The number of halogens is 1. The van der Waals surface area contributed by atoms with Crippen molar-refractivity contribution in [2.75, 3.05) is 18.6 Å². The number of amides is 1. The topological polar surface area (TPSA) is 66.8 Å². The molecule has 0 spiro atoms. The van der Waals surface area contributed by atoms with Gasteiger partial charge in [-0.25, -0.2) is 0 Å². The summed E-state index contributed by atoms with van der Waals surface area (Å²) in [6, 6.07) is 3.43. The standard InChI is InChI=1S/C12H14BrNO4/c1-7-4-9(13)11(18-3)5-10(7)14(8(2)15)6-12(16)17/h4-5H,6H2,1-3H3,(H,16,17). The number of rotatable bonds is 4. The Morgan fingerprint density at radius 3 is 2.50 bits per heavy atom. The summed E-state index contributed by atoms with van der Waals surface area (Å²) in [4.78, 5) is 23.5. The van der Waals surface area contributed by atoms with Gasteiger partial charge >= 0.3 is 5.97 Å². The van der Waals surface area contributed by atoms with E-state index in [2.05, 4.69) is 15.9 Å². The molecule has 0 aliphatic carbocycles. The maximum atomic E-state index is 11.5. The van der Waals surface area contributed by atoms with Gasteiger partial charge in [0.05, 0.1) is 17.3 Å². The first-order valence-electron chi connectivity index (χ1n) is 5.20. The highest BCUT2D eigenvalue weighted by molar-refractivity contribution is 9.10. The fourth-order valence-corrected chi connectivity index (χ4v) is 2.21. The summed E-state index contributed by atoms with van der Waals surface area (Å²) in [7, 11) is 1.51. The molecule has 0 aliphatic rings. The second-order valence-electron chi connectivity index (χ2n) is 3.77. The van der Waals surface area contributed by atoms with Crippen molar-refractivity contribution in [1.29, 1.82) is 0 Å². The molecule has 1 aromatic rings. The van der Waals surface area contributed by atoms with E-state index < -0.39 is 5.97 Å². The summed E-state index contributed by atoms with van der Waals surface area (Å²) in [6.07, 6.45) is 0. The largest absolute Gasteiger partial charge is 0.495 e. The van der Waals surface area contributed by atoms with Gasteiger partial charge in [0.25, 0.3) is 0 Å². The van der Waals surface area contributed by atoms with Gasteiger partial charge in [-0.1, -0.05) is 0 Å². The molecule has 0 unspecified atom stereocenters. The average Bonchev–Trinajstić information content (AvgIpc) is 2.26. The van der Waals surface area contributed by atoms with Crippen LogP contribution in [0.15, 0.2) is 16.6 Å². The number of carboxylic acids is 1. The highest BCUT2D eigenvalue weighted by Gasteiger charge is 2.18. The van der Waals surface area contributed by atoms with Crippen LogP contribution in [0.5, 0.6) is 5.75 Å². The zero-order chi connectivity index (χ0) is 13.9. The molecule has 0 saturated heterocycles. The van der Waals surface area contributed by atoms with Crippen molar-refractivity contribution in [1.82, 2.24) is 0 Å². The van der Waals surface area contributed by atoms with Gasteiger partial charge in [-0.15, -0.1) is 0 Å². The first kappa shape index (κ1) is 14.5. The molecule has 1 amide bonds. The van der Waals surface area contributed by atoms with Crippen LogP contribution in [0.3, 0.4) is 0 Å². The summed E-state index contributed by atoms with van der Waals surface area (Å²) in [6.45, 7) is 2.76. The van der Waals surface area contributed by atoms with Gasteiger partial charge in [0.2, 0.25) is 5.91 Å². The zero-order valence-electron chi connectivity index (χ0n) is 10.4. The summed E-state index contributed by atoms with van der Waals surface area (Å²) in [5, 5.41) is 8.83. The van der Waals surface area contributed by atoms with Gasteiger partial charge in [-0.2, -0.15) is 0 Å². The van der Waals surface area contributed by atoms with Gasteiger partial charge in [-0.05, 0) is 34.5 Å². The second kappa shape index (κ2) is 5.86. The molecule has 0 bridgehead atoms. The molecular formula is C12H14BrNO4. The van der Waals surface area contributed by atoms with E-state index in [0.29, 0.717) is 11.4 Å². The lowest BCUT2D eigenvalue weighted by molar-refractivity contribution is -0.136. The zero-order valence-corrected chi connectivity index (χ0v) is 11.9. The highest BCUT2D eigenvalue weighted by atomic mass is 79.9. The number of benzene rings is 1. The summed E-state index contributed by atoms with van der Waals surface area (Å²) in [5.74, 6) is -0.844. The number of carbonyl (C=O) groups excluding carboxylic acids is 1. The normalized spacial score (nSPS) is 10.0. The van der Waals surface area contributed by atoms with Gasteiger partial charge in [0.15, 0.2) is 0 Å². The minimum absolute atomic E-state index is 0.329. The lowest BCUT2D eigenvalue weighted by Gasteiger charge is -2.22. The molecule has 0 aromatic heterocycles. The molecule has 1 N–H and O–H groups in total. The monoisotopic (exact) mass is 315 g/mol. The van der Waals surface area contributed by atoms with Crippen molar-refractivity contribution in [3.63, 3.8) is 0 Å². The van der Waals surface area contributed by atoms with Crippen molar-refractivity contribution in [2.24, 2.45) is 0 Å². The smallest absolute Gasteiger partial charge is 0.323 e. The number of anilines is 1. The van der Waals surface area contributed by atoms with Crippen molar-refractivity contribution >= 4 is 33.5 Å². The minimum atomic E-state index is -1.06. The van der Waals surface area contributed by atoms with Crippen LogP contribution in [0.1, 0.15) is 12.5 Å². The second-order valence-corrected chi connectivity index (χ2v) is 4.63. The molecule has 0 heterocycles. The number of nitrogens with zero attached hydrogens (tertiary/aromatic N) is 1. The molecule has 1 aromatic carbocycles. The maximum absolute atomic E-state index is 11.5. The van der Waals surface area contributed by atoms with Crippen LogP contribution in [0.4, 0.5) is 5.69 Å². The van der Waals surface area contributed by atoms with Crippen molar-refractivity contribution < 1.29 is 19.4 Å². The molecule has 0 radical (unpaired) electrons. The van der Waals surface area contributed by atoms with E-state index in [9.17, 15) is 9.59 Å². The molecule has 0 fully saturated rings. The molecule has 0 aliphatic heterocycles. The Balaban J connectivity index is 3.27. The Hall–Kier alpha value is -1.56. The van der Waals surface area contributed by atoms with Crippen molar-refractivity contribution in [3.8, 4) is 5.75 Å². The SMILES string of the molecule is COc1cc(N(CC(=O)O)C(C)=O)c(C)cc1Br.